The number of fused-ring (bicyclic) bond motifs is 1. The first-order chi connectivity index (χ1) is 13.1. The van der Waals surface area contributed by atoms with Crippen molar-refractivity contribution in [1.82, 2.24) is 4.90 Å². The van der Waals surface area contributed by atoms with Crippen molar-refractivity contribution in [2.75, 3.05) is 13.7 Å². The van der Waals surface area contributed by atoms with Gasteiger partial charge in [-0.1, -0.05) is 72.8 Å². The number of rotatable bonds is 6. The predicted molar refractivity (Wildman–Crippen MR) is 106 cm³/mol. The Hall–Kier alpha value is -3.14. The van der Waals surface area contributed by atoms with Gasteiger partial charge in [-0.2, -0.15) is 0 Å². The molecule has 1 atom stereocenters. The summed E-state index contributed by atoms with van der Waals surface area (Å²) >= 11 is 0. The van der Waals surface area contributed by atoms with Crippen molar-refractivity contribution >= 4 is 22.6 Å². The molecule has 0 saturated heterocycles. The standard InChI is InChI=1S/C23H23NO3/c1-17(18-9-4-3-5-10-18)24(2)22(25)16-27-23(26)15-20-13-8-12-19-11-6-7-14-21(19)20/h3-14,17H,15-16H2,1-2H3. The number of likely N-dealkylation sites (N-methyl/N-ethyl adjacent to an activating group) is 1. The largest absolute Gasteiger partial charge is 0.455 e. The smallest absolute Gasteiger partial charge is 0.310 e. The van der Waals surface area contributed by atoms with E-state index in [4.69, 9.17) is 4.74 Å². The van der Waals surface area contributed by atoms with Gasteiger partial charge in [-0.05, 0) is 28.8 Å². The van der Waals surface area contributed by atoms with Crippen LogP contribution in [0.25, 0.3) is 10.8 Å². The highest BCUT2D eigenvalue weighted by atomic mass is 16.5. The average molecular weight is 361 g/mol. The van der Waals surface area contributed by atoms with Crippen molar-refractivity contribution in [1.29, 1.82) is 0 Å². The average Bonchev–Trinajstić information content (AvgIpc) is 2.72. The summed E-state index contributed by atoms with van der Waals surface area (Å²) in [5.74, 6) is -0.627. The molecule has 0 heterocycles. The van der Waals surface area contributed by atoms with Crippen LogP contribution in [0.5, 0.6) is 0 Å². The molecule has 0 radical (unpaired) electrons. The van der Waals surface area contributed by atoms with E-state index >= 15 is 0 Å². The molecule has 4 nitrogen and oxygen atoms in total. The second-order valence-corrected chi connectivity index (χ2v) is 6.57. The van der Waals surface area contributed by atoms with Crippen molar-refractivity contribution in [3.05, 3.63) is 83.9 Å². The van der Waals surface area contributed by atoms with Crippen LogP contribution in [-0.2, 0) is 20.7 Å². The zero-order valence-electron chi connectivity index (χ0n) is 15.6. The van der Waals surface area contributed by atoms with E-state index in [0.717, 1.165) is 21.9 Å². The van der Waals surface area contributed by atoms with E-state index in [1.807, 2.05) is 79.7 Å². The Morgan fingerprint density at radius 1 is 0.926 bits per heavy atom. The highest BCUT2D eigenvalue weighted by molar-refractivity contribution is 5.89. The maximum atomic E-state index is 12.4. The Bertz CT molecular complexity index is 931. The quantitative estimate of drug-likeness (QED) is 0.620. The molecule has 4 heteroatoms. The second-order valence-electron chi connectivity index (χ2n) is 6.57. The molecule has 3 aromatic rings. The van der Waals surface area contributed by atoms with E-state index in [-0.39, 0.29) is 25.0 Å². The fourth-order valence-electron chi connectivity index (χ4n) is 3.07. The highest BCUT2D eigenvalue weighted by Crippen LogP contribution is 2.20. The van der Waals surface area contributed by atoms with Gasteiger partial charge in [0.2, 0.25) is 0 Å². The fourth-order valence-corrected chi connectivity index (χ4v) is 3.07. The van der Waals surface area contributed by atoms with Crippen LogP contribution < -0.4 is 0 Å². The Balaban J connectivity index is 1.57. The first-order valence-electron chi connectivity index (χ1n) is 8.99. The van der Waals surface area contributed by atoms with Crippen LogP contribution in [0.2, 0.25) is 0 Å². The molecule has 3 aromatic carbocycles. The summed E-state index contributed by atoms with van der Waals surface area (Å²) in [5, 5.41) is 2.10. The first kappa shape index (κ1) is 18.6. The van der Waals surface area contributed by atoms with Crippen molar-refractivity contribution in [3.8, 4) is 0 Å². The monoisotopic (exact) mass is 361 g/mol. The van der Waals surface area contributed by atoms with Crippen LogP contribution in [0.4, 0.5) is 0 Å². The number of carbonyl (C=O) groups is 2. The van der Waals surface area contributed by atoms with Gasteiger partial charge in [-0.25, -0.2) is 0 Å². The number of carbonyl (C=O) groups excluding carboxylic acids is 2. The number of hydrogen-bond acceptors (Lipinski definition) is 3. The van der Waals surface area contributed by atoms with Gasteiger partial charge in [0, 0.05) is 7.05 Å². The molecular formula is C23H23NO3. The van der Waals surface area contributed by atoms with Gasteiger partial charge in [-0.15, -0.1) is 0 Å². The minimum absolute atomic E-state index is 0.0875. The summed E-state index contributed by atoms with van der Waals surface area (Å²) in [6.45, 7) is 1.70. The number of hydrogen-bond donors (Lipinski definition) is 0. The predicted octanol–water partition coefficient (Wildman–Crippen LogP) is 4.15. The zero-order chi connectivity index (χ0) is 19.2. The Labute approximate surface area is 159 Å². The van der Waals surface area contributed by atoms with Crippen molar-refractivity contribution < 1.29 is 14.3 Å². The first-order valence-corrected chi connectivity index (χ1v) is 8.99. The summed E-state index contributed by atoms with van der Waals surface area (Å²) in [6, 6.07) is 23.4. The van der Waals surface area contributed by atoms with Gasteiger partial charge in [0.1, 0.15) is 0 Å². The number of amides is 1. The number of benzene rings is 3. The highest BCUT2D eigenvalue weighted by Gasteiger charge is 2.19. The summed E-state index contributed by atoms with van der Waals surface area (Å²) < 4.78 is 5.23. The second kappa shape index (κ2) is 8.49. The third kappa shape index (κ3) is 4.53. The molecule has 0 saturated carbocycles. The molecule has 0 bridgehead atoms. The summed E-state index contributed by atoms with van der Waals surface area (Å²) in [6.07, 6.45) is 0.145. The van der Waals surface area contributed by atoms with Crippen molar-refractivity contribution in [2.24, 2.45) is 0 Å². The molecule has 0 fully saturated rings. The molecule has 27 heavy (non-hydrogen) atoms. The Morgan fingerprint density at radius 3 is 2.37 bits per heavy atom. The van der Waals surface area contributed by atoms with Crippen LogP contribution in [0, 0.1) is 0 Å². The molecule has 3 rings (SSSR count). The number of esters is 1. The number of nitrogens with zero attached hydrogens (tertiary/aromatic N) is 1. The molecule has 0 N–H and O–H groups in total. The summed E-state index contributed by atoms with van der Waals surface area (Å²) in [4.78, 5) is 26.2. The number of ether oxygens (including phenoxy) is 1. The molecule has 0 spiro atoms. The summed E-state index contributed by atoms with van der Waals surface area (Å²) in [5.41, 5.74) is 1.94. The lowest BCUT2D eigenvalue weighted by Gasteiger charge is -2.25. The molecule has 138 valence electrons. The SMILES string of the molecule is CC(c1ccccc1)N(C)C(=O)COC(=O)Cc1cccc2ccccc12. The van der Waals surface area contributed by atoms with E-state index in [2.05, 4.69) is 0 Å². The van der Waals surface area contributed by atoms with Crippen LogP contribution in [-0.4, -0.2) is 30.4 Å². The van der Waals surface area contributed by atoms with Gasteiger partial charge in [0.25, 0.3) is 5.91 Å². The molecule has 0 aliphatic rings. The lowest BCUT2D eigenvalue weighted by molar-refractivity contribution is -0.151. The molecule has 1 amide bonds. The topological polar surface area (TPSA) is 46.6 Å². The van der Waals surface area contributed by atoms with Crippen LogP contribution in [0.1, 0.15) is 24.1 Å². The van der Waals surface area contributed by atoms with Gasteiger partial charge in [-0.3, -0.25) is 9.59 Å². The van der Waals surface area contributed by atoms with E-state index in [0.29, 0.717) is 0 Å². The normalized spacial score (nSPS) is 11.8. The van der Waals surface area contributed by atoms with Gasteiger partial charge in [0.05, 0.1) is 12.5 Å². The molecule has 1 unspecified atom stereocenters. The van der Waals surface area contributed by atoms with E-state index < -0.39 is 5.97 Å². The third-order valence-electron chi connectivity index (χ3n) is 4.83. The molecular weight excluding hydrogens is 338 g/mol. The minimum atomic E-state index is -0.402. The lowest BCUT2D eigenvalue weighted by atomic mass is 10.0. The molecule has 0 aliphatic carbocycles. The Kier molecular flexibility index (Phi) is 5.87. The summed E-state index contributed by atoms with van der Waals surface area (Å²) in [7, 11) is 1.72. The van der Waals surface area contributed by atoms with Crippen LogP contribution >= 0.6 is 0 Å². The maximum absolute atomic E-state index is 12.4. The van der Waals surface area contributed by atoms with Crippen LogP contribution in [0.3, 0.4) is 0 Å². The van der Waals surface area contributed by atoms with Gasteiger partial charge in [0.15, 0.2) is 6.61 Å². The van der Waals surface area contributed by atoms with E-state index in [9.17, 15) is 9.59 Å². The lowest BCUT2D eigenvalue weighted by Crippen LogP contribution is -2.33. The zero-order valence-corrected chi connectivity index (χ0v) is 15.6. The Morgan fingerprint density at radius 2 is 1.59 bits per heavy atom. The van der Waals surface area contributed by atoms with Gasteiger partial charge < -0.3 is 9.64 Å². The third-order valence-corrected chi connectivity index (χ3v) is 4.83. The van der Waals surface area contributed by atoms with E-state index in [1.165, 1.54) is 0 Å². The fraction of sp³-hybridized carbons (Fsp3) is 0.217. The molecule has 0 aromatic heterocycles. The van der Waals surface area contributed by atoms with Gasteiger partial charge >= 0.3 is 5.97 Å². The maximum Gasteiger partial charge on any atom is 0.310 e. The van der Waals surface area contributed by atoms with Crippen molar-refractivity contribution in [2.45, 2.75) is 19.4 Å². The minimum Gasteiger partial charge on any atom is -0.455 e. The van der Waals surface area contributed by atoms with E-state index in [1.54, 1.807) is 11.9 Å². The van der Waals surface area contributed by atoms with Crippen molar-refractivity contribution in [3.63, 3.8) is 0 Å². The van der Waals surface area contributed by atoms with Crippen LogP contribution in [0.15, 0.2) is 72.8 Å². The molecule has 0 aliphatic heterocycles.